The second kappa shape index (κ2) is 10.0. The van der Waals surface area contributed by atoms with Gasteiger partial charge in [-0.2, -0.15) is 0 Å². The summed E-state index contributed by atoms with van der Waals surface area (Å²) in [5.41, 5.74) is 6.42. The van der Waals surface area contributed by atoms with Crippen LogP contribution in [0.2, 0.25) is 0 Å². The number of hydrogen-bond acceptors (Lipinski definition) is 6. The van der Waals surface area contributed by atoms with E-state index in [2.05, 4.69) is 34.8 Å². The van der Waals surface area contributed by atoms with E-state index in [0.29, 0.717) is 17.1 Å². The number of fused-ring (bicyclic) bond motifs is 1. The van der Waals surface area contributed by atoms with Crippen LogP contribution in [0.4, 0.5) is 0 Å². The fraction of sp³-hybridized carbons (Fsp3) is 0.192. The van der Waals surface area contributed by atoms with Gasteiger partial charge < -0.3 is 0 Å². The third-order valence-electron chi connectivity index (χ3n) is 5.53. The van der Waals surface area contributed by atoms with E-state index in [9.17, 15) is 4.79 Å². The van der Waals surface area contributed by atoms with Crippen LogP contribution in [0.3, 0.4) is 0 Å². The number of pyridine rings is 1. The van der Waals surface area contributed by atoms with E-state index < -0.39 is 0 Å². The van der Waals surface area contributed by atoms with Gasteiger partial charge in [-0.15, -0.1) is 10.2 Å². The van der Waals surface area contributed by atoms with Crippen LogP contribution >= 0.6 is 11.8 Å². The maximum atomic E-state index is 12.7. The maximum Gasteiger partial charge on any atom is 0.258 e. The lowest BCUT2D eigenvalue weighted by Gasteiger charge is -2.13. The highest BCUT2D eigenvalue weighted by Crippen LogP contribution is 2.28. The van der Waals surface area contributed by atoms with Crippen molar-refractivity contribution in [1.29, 1.82) is 0 Å². The summed E-state index contributed by atoms with van der Waals surface area (Å²) in [6, 6.07) is 11.6. The van der Waals surface area contributed by atoms with Crippen molar-refractivity contribution in [2.24, 2.45) is 4.99 Å². The van der Waals surface area contributed by atoms with Crippen LogP contribution in [0.15, 0.2) is 76.4 Å². The molecule has 0 spiro atoms. The van der Waals surface area contributed by atoms with Gasteiger partial charge in [-0.05, 0) is 68.2 Å². The Bertz CT molecular complexity index is 1500. The Kier molecular flexibility index (Phi) is 6.88. The largest absolute Gasteiger partial charge is 0.270 e. The van der Waals surface area contributed by atoms with Gasteiger partial charge in [0.15, 0.2) is 11.0 Å². The maximum absolute atomic E-state index is 12.7. The van der Waals surface area contributed by atoms with Crippen molar-refractivity contribution in [2.45, 2.75) is 38.6 Å². The summed E-state index contributed by atoms with van der Waals surface area (Å²) in [5.74, 6) is 1.22. The normalized spacial score (nSPS) is 12.1. The van der Waals surface area contributed by atoms with Crippen molar-refractivity contribution < 1.29 is 0 Å². The number of nitrogens with zero attached hydrogens (tertiary/aromatic N) is 6. The van der Waals surface area contributed by atoms with Gasteiger partial charge in [0.1, 0.15) is 5.65 Å². The summed E-state index contributed by atoms with van der Waals surface area (Å²) in [5, 5.41) is 9.65. The highest BCUT2D eigenvalue weighted by molar-refractivity contribution is 7.98. The smallest absolute Gasteiger partial charge is 0.258 e. The highest BCUT2D eigenvalue weighted by atomic mass is 32.2. The Morgan fingerprint density at radius 3 is 2.68 bits per heavy atom. The van der Waals surface area contributed by atoms with Crippen molar-refractivity contribution in [3.63, 3.8) is 0 Å². The molecule has 0 saturated carbocycles. The van der Waals surface area contributed by atoms with Gasteiger partial charge in [-0.25, -0.2) is 4.98 Å². The van der Waals surface area contributed by atoms with Gasteiger partial charge >= 0.3 is 0 Å². The lowest BCUT2D eigenvalue weighted by molar-refractivity contribution is 0.871. The van der Waals surface area contributed by atoms with Crippen molar-refractivity contribution in [1.82, 2.24) is 24.1 Å². The molecule has 3 heterocycles. The third kappa shape index (κ3) is 4.77. The number of thioether (sulfide) groups is 1. The minimum atomic E-state index is -0.0926. The van der Waals surface area contributed by atoms with Crippen LogP contribution in [-0.2, 0) is 5.75 Å². The summed E-state index contributed by atoms with van der Waals surface area (Å²) in [6.07, 6.45) is 6.88. The van der Waals surface area contributed by atoms with Crippen molar-refractivity contribution in [3.05, 3.63) is 100 Å². The molecule has 0 saturated heterocycles. The zero-order valence-electron chi connectivity index (χ0n) is 19.7. The minimum absolute atomic E-state index is 0.0926. The SMILES string of the molecule is C=C/N=C\C=C(/C)c1nnc(SCc2cc(=O)n3cc(C)c(C)cc3n2)n1-c1ccccc1C. The van der Waals surface area contributed by atoms with E-state index in [1.165, 1.54) is 18.0 Å². The molecule has 1 aromatic carbocycles. The second-order valence-corrected chi connectivity index (χ2v) is 8.94. The number of hydrogen-bond donors (Lipinski definition) is 0. The Morgan fingerprint density at radius 1 is 1.12 bits per heavy atom. The van der Waals surface area contributed by atoms with Crippen LogP contribution in [0.1, 0.15) is 35.1 Å². The molecule has 0 N–H and O–H groups in total. The summed E-state index contributed by atoms with van der Waals surface area (Å²) >= 11 is 1.50. The van der Waals surface area contributed by atoms with Crippen molar-refractivity contribution >= 4 is 29.2 Å². The lowest BCUT2D eigenvalue weighted by atomic mass is 10.2. The first-order valence-corrected chi connectivity index (χ1v) is 11.8. The Labute approximate surface area is 202 Å². The molecular formula is C26H26N6OS. The van der Waals surface area contributed by atoms with Gasteiger partial charge in [0, 0.05) is 30.4 Å². The number of allylic oxidation sites excluding steroid dienone is 2. The number of para-hydroxylation sites is 1. The van der Waals surface area contributed by atoms with E-state index in [4.69, 9.17) is 4.98 Å². The third-order valence-corrected chi connectivity index (χ3v) is 6.49. The topological polar surface area (TPSA) is 77.4 Å². The molecular weight excluding hydrogens is 444 g/mol. The molecule has 0 bridgehead atoms. The molecule has 3 aromatic heterocycles. The van der Waals surface area contributed by atoms with Gasteiger partial charge in [0.25, 0.3) is 5.56 Å². The predicted octanol–water partition coefficient (Wildman–Crippen LogP) is 5.11. The summed E-state index contributed by atoms with van der Waals surface area (Å²) in [4.78, 5) is 21.4. The number of aliphatic imine (C=N–C) groups is 1. The zero-order valence-corrected chi connectivity index (χ0v) is 20.5. The molecule has 8 heteroatoms. The molecule has 0 amide bonds. The fourth-order valence-electron chi connectivity index (χ4n) is 3.55. The summed E-state index contributed by atoms with van der Waals surface area (Å²) in [7, 11) is 0. The molecule has 0 fully saturated rings. The molecule has 0 atom stereocenters. The van der Waals surface area contributed by atoms with Gasteiger partial charge in [-0.1, -0.05) is 36.5 Å². The average molecular weight is 471 g/mol. The number of benzene rings is 1. The fourth-order valence-corrected chi connectivity index (χ4v) is 4.38. The van der Waals surface area contributed by atoms with E-state index in [1.54, 1.807) is 16.7 Å². The van der Waals surface area contributed by atoms with Gasteiger partial charge in [-0.3, -0.25) is 18.8 Å². The van der Waals surface area contributed by atoms with Gasteiger partial charge in [0.2, 0.25) is 0 Å². The molecule has 0 aliphatic rings. The summed E-state index contributed by atoms with van der Waals surface area (Å²) in [6.45, 7) is 11.6. The van der Waals surface area contributed by atoms with Crippen LogP contribution in [0.5, 0.6) is 0 Å². The molecule has 0 aliphatic carbocycles. The van der Waals surface area contributed by atoms with Crippen molar-refractivity contribution in [2.75, 3.05) is 0 Å². The quantitative estimate of drug-likeness (QED) is 0.277. The van der Waals surface area contributed by atoms with Crippen LogP contribution in [-0.4, -0.2) is 30.4 Å². The number of aryl methyl sites for hydroxylation is 3. The lowest BCUT2D eigenvalue weighted by Crippen LogP contribution is -2.16. The highest BCUT2D eigenvalue weighted by Gasteiger charge is 2.17. The van der Waals surface area contributed by atoms with E-state index in [0.717, 1.165) is 38.9 Å². The van der Waals surface area contributed by atoms with E-state index in [-0.39, 0.29) is 5.56 Å². The first kappa shape index (κ1) is 23.4. The Hall–Kier alpha value is -3.78. The molecule has 7 nitrogen and oxygen atoms in total. The molecule has 0 unspecified atom stereocenters. The Balaban J connectivity index is 1.73. The first-order chi connectivity index (χ1) is 16.4. The predicted molar refractivity (Wildman–Crippen MR) is 139 cm³/mol. The second-order valence-electron chi connectivity index (χ2n) is 8.00. The first-order valence-electron chi connectivity index (χ1n) is 10.8. The van der Waals surface area contributed by atoms with E-state index in [1.807, 2.05) is 61.9 Å². The molecule has 172 valence electrons. The van der Waals surface area contributed by atoms with Gasteiger partial charge in [0.05, 0.1) is 11.4 Å². The Morgan fingerprint density at radius 2 is 1.91 bits per heavy atom. The van der Waals surface area contributed by atoms with E-state index >= 15 is 0 Å². The van der Waals surface area contributed by atoms with Crippen LogP contribution in [0.25, 0.3) is 16.9 Å². The van der Waals surface area contributed by atoms with Crippen LogP contribution < -0.4 is 5.56 Å². The molecule has 4 rings (SSSR count). The monoisotopic (exact) mass is 470 g/mol. The minimum Gasteiger partial charge on any atom is -0.270 e. The zero-order chi connectivity index (χ0) is 24.2. The molecule has 0 radical (unpaired) electrons. The number of aromatic nitrogens is 5. The molecule has 0 aliphatic heterocycles. The average Bonchev–Trinajstić information content (AvgIpc) is 3.23. The molecule has 34 heavy (non-hydrogen) atoms. The number of rotatable bonds is 7. The standard InChI is InChI=1S/C26H26N6OS/c1-6-27-12-11-18(3)25-29-30-26(32(25)22-10-8-7-9-17(22)2)34-16-21-14-24(33)31-15-20(5)19(4)13-23(31)28-21/h6-15H,1,16H2,2-5H3/b18-11+,27-12-. The van der Waals surface area contributed by atoms with Crippen LogP contribution in [0, 0.1) is 20.8 Å². The van der Waals surface area contributed by atoms with Crippen molar-refractivity contribution in [3.8, 4) is 5.69 Å². The summed E-state index contributed by atoms with van der Waals surface area (Å²) < 4.78 is 3.62. The molecule has 4 aromatic rings.